The van der Waals surface area contributed by atoms with Crippen LogP contribution in [0.5, 0.6) is 0 Å². The molecule has 5 nitrogen and oxygen atoms in total. The van der Waals surface area contributed by atoms with Gasteiger partial charge in [-0.1, -0.05) is 18.2 Å². The van der Waals surface area contributed by atoms with Gasteiger partial charge in [-0.25, -0.2) is 4.39 Å². The van der Waals surface area contributed by atoms with Gasteiger partial charge in [-0.05, 0) is 35.9 Å². The smallest absolute Gasteiger partial charge is 0.265 e. The molecule has 1 fully saturated rings. The van der Waals surface area contributed by atoms with Crippen LogP contribution in [0.1, 0.15) is 28.1 Å². The van der Waals surface area contributed by atoms with E-state index in [0.29, 0.717) is 16.0 Å². The molecule has 7 heteroatoms. The number of hydrogen-bond donors (Lipinski definition) is 1. The summed E-state index contributed by atoms with van der Waals surface area (Å²) in [5, 5.41) is 3.21. The summed E-state index contributed by atoms with van der Waals surface area (Å²) >= 11 is 1.23. The van der Waals surface area contributed by atoms with E-state index in [2.05, 4.69) is 5.32 Å². The lowest BCUT2D eigenvalue weighted by Gasteiger charge is -2.14. The molecule has 2 heterocycles. The Morgan fingerprint density at radius 3 is 2.44 bits per heavy atom. The summed E-state index contributed by atoms with van der Waals surface area (Å²) in [4.78, 5) is 37.5. The Morgan fingerprint density at radius 2 is 1.78 bits per heavy atom. The van der Waals surface area contributed by atoms with Crippen LogP contribution in [0.3, 0.4) is 0 Å². The molecule has 136 valence electrons. The molecular formula is C20H15FN2O3S. The summed E-state index contributed by atoms with van der Waals surface area (Å²) in [5.74, 6) is -0.977. The summed E-state index contributed by atoms with van der Waals surface area (Å²) in [5.41, 5.74) is 1.39. The number of imide groups is 1. The fourth-order valence-electron chi connectivity index (χ4n) is 3.01. The van der Waals surface area contributed by atoms with Crippen molar-refractivity contribution in [1.29, 1.82) is 0 Å². The standard InChI is InChI=1S/C20H15FN2O3S/c21-15-2-1-3-16-14(15)10-17(27-16)20(26)22-13-6-4-12(5-7-13)11-23-18(24)8-9-19(23)25/h1-7,10H,8-9,11H2,(H,22,26). The predicted octanol–water partition coefficient (Wildman–Crippen LogP) is 3.94. The number of halogens is 1. The Labute approximate surface area is 158 Å². The predicted molar refractivity (Wildman–Crippen MR) is 101 cm³/mol. The molecule has 0 bridgehead atoms. The number of hydrogen-bond acceptors (Lipinski definition) is 4. The molecule has 1 saturated heterocycles. The number of amides is 3. The van der Waals surface area contributed by atoms with E-state index in [9.17, 15) is 18.8 Å². The zero-order chi connectivity index (χ0) is 19.0. The van der Waals surface area contributed by atoms with E-state index in [0.717, 1.165) is 10.3 Å². The number of fused-ring (bicyclic) bond motifs is 1. The van der Waals surface area contributed by atoms with Gasteiger partial charge in [0.25, 0.3) is 5.91 Å². The van der Waals surface area contributed by atoms with E-state index < -0.39 is 0 Å². The molecule has 0 saturated carbocycles. The monoisotopic (exact) mass is 382 g/mol. The number of thiophene rings is 1. The van der Waals surface area contributed by atoms with Crippen LogP contribution in [0.4, 0.5) is 10.1 Å². The maximum atomic E-state index is 13.8. The first-order chi connectivity index (χ1) is 13.0. The van der Waals surface area contributed by atoms with E-state index in [1.807, 2.05) is 0 Å². The van der Waals surface area contributed by atoms with Crippen molar-refractivity contribution in [2.24, 2.45) is 0 Å². The van der Waals surface area contributed by atoms with Crippen LogP contribution in [0.25, 0.3) is 10.1 Å². The Bertz CT molecular complexity index is 1040. The SMILES string of the molecule is O=C(Nc1ccc(CN2C(=O)CCC2=O)cc1)c1cc2c(F)cccc2s1. The normalized spacial score (nSPS) is 14.2. The molecule has 2 aromatic carbocycles. The first kappa shape index (κ1) is 17.4. The van der Waals surface area contributed by atoms with Gasteiger partial charge in [0.1, 0.15) is 5.82 Å². The first-order valence-electron chi connectivity index (χ1n) is 8.43. The largest absolute Gasteiger partial charge is 0.321 e. The van der Waals surface area contributed by atoms with E-state index in [1.165, 1.54) is 22.3 Å². The molecule has 0 atom stereocenters. The number of nitrogens with zero attached hydrogens (tertiary/aromatic N) is 1. The molecule has 0 radical (unpaired) electrons. The summed E-state index contributed by atoms with van der Waals surface area (Å²) < 4.78 is 14.5. The molecule has 0 aliphatic carbocycles. The number of benzene rings is 2. The lowest BCUT2D eigenvalue weighted by atomic mass is 10.2. The van der Waals surface area contributed by atoms with Crippen molar-refractivity contribution < 1.29 is 18.8 Å². The molecular weight excluding hydrogens is 367 g/mol. The fraction of sp³-hybridized carbons (Fsp3) is 0.150. The van der Waals surface area contributed by atoms with Crippen molar-refractivity contribution in [1.82, 2.24) is 4.90 Å². The zero-order valence-electron chi connectivity index (χ0n) is 14.2. The van der Waals surface area contributed by atoms with Crippen LogP contribution in [-0.2, 0) is 16.1 Å². The van der Waals surface area contributed by atoms with Crippen molar-refractivity contribution >= 4 is 44.8 Å². The zero-order valence-corrected chi connectivity index (χ0v) is 15.0. The van der Waals surface area contributed by atoms with Crippen LogP contribution >= 0.6 is 11.3 Å². The number of likely N-dealkylation sites (tertiary alicyclic amines) is 1. The Hall–Kier alpha value is -3.06. The topological polar surface area (TPSA) is 66.5 Å². The highest BCUT2D eigenvalue weighted by Gasteiger charge is 2.28. The van der Waals surface area contributed by atoms with Crippen LogP contribution in [0.15, 0.2) is 48.5 Å². The molecule has 1 aromatic heterocycles. The summed E-state index contributed by atoms with van der Waals surface area (Å²) in [6.07, 6.45) is 0.533. The number of carbonyl (C=O) groups excluding carboxylic acids is 3. The highest BCUT2D eigenvalue weighted by molar-refractivity contribution is 7.20. The number of rotatable bonds is 4. The average Bonchev–Trinajstić information content (AvgIpc) is 3.23. The number of carbonyl (C=O) groups is 3. The molecule has 0 spiro atoms. The fourth-order valence-corrected chi connectivity index (χ4v) is 3.98. The molecule has 4 rings (SSSR count). The lowest BCUT2D eigenvalue weighted by molar-refractivity contribution is -0.139. The second-order valence-electron chi connectivity index (χ2n) is 6.29. The minimum absolute atomic E-state index is 0.158. The van der Waals surface area contributed by atoms with Gasteiger partial charge in [0, 0.05) is 28.6 Å². The minimum atomic E-state index is -0.349. The quantitative estimate of drug-likeness (QED) is 0.695. The van der Waals surface area contributed by atoms with Gasteiger partial charge >= 0.3 is 0 Å². The molecule has 27 heavy (non-hydrogen) atoms. The van der Waals surface area contributed by atoms with Crippen LogP contribution in [-0.4, -0.2) is 22.6 Å². The van der Waals surface area contributed by atoms with E-state index in [4.69, 9.17) is 0 Å². The van der Waals surface area contributed by atoms with Crippen LogP contribution < -0.4 is 5.32 Å². The maximum Gasteiger partial charge on any atom is 0.265 e. The molecule has 0 unspecified atom stereocenters. The summed E-state index contributed by atoms with van der Waals surface area (Å²) in [6.45, 7) is 0.238. The first-order valence-corrected chi connectivity index (χ1v) is 9.24. The number of nitrogens with one attached hydrogen (secondary N) is 1. The third kappa shape index (κ3) is 3.46. The summed E-state index contributed by atoms with van der Waals surface area (Å²) in [6, 6.07) is 13.3. The van der Waals surface area contributed by atoms with E-state index in [1.54, 1.807) is 42.5 Å². The highest BCUT2D eigenvalue weighted by atomic mass is 32.1. The van der Waals surface area contributed by atoms with Crippen LogP contribution in [0, 0.1) is 5.82 Å². The van der Waals surface area contributed by atoms with E-state index in [-0.39, 0.29) is 42.9 Å². The Kier molecular flexibility index (Phi) is 4.45. The van der Waals surface area contributed by atoms with Crippen molar-refractivity contribution in [3.8, 4) is 0 Å². The second-order valence-corrected chi connectivity index (χ2v) is 7.37. The molecule has 1 N–H and O–H groups in total. The summed E-state index contributed by atoms with van der Waals surface area (Å²) in [7, 11) is 0. The molecule has 1 aliphatic rings. The molecule has 3 amide bonds. The third-order valence-corrected chi connectivity index (χ3v) is 5.54. The van der Waals surface area contributed by atoms with Crippen molar-refractivity contribution in [3.63, 3.8) is 0 Å². The van der Waals surface area contributed by atoms with Gasteiger partial charge in [-0.15, -0.1) is 11.3 Å². The van der Waals surface area contributed by atoms with Gasteiger partial charge in [0.15, 0.2) is 0 Å². The second kappa shape index (κ2) is 6.92. The van der Waals surface area contributed by atoms with Gasteiger partial charge in [0.05, 0.1) is 11.4 Å². The van der Waals surface area contributed by atoms with Gasteiger partial charge in [-0.3, -0.25) is 19.3 Å². The molecule has 1 aliphatic heterocycles. The third-order valence-electron chi connectivity index (χ3n) is 4.44. The van der Waals surface area contributed by atoms with Crippen molar-refractivity contribution in [2.45, 2.75) is 19.4 Å². The molecule has 3 aromatic rings. The van der Waals surface area contributed by atoms with Gasteiger partial charge in [-0.2, -0.15) is 0 Å². The maximum absolute atomic E-state index is 13.8. The van der Waals surface area contributed by atoms with Crippen molar-refractivity contribution in [3.05, 3.63) is 64.8 Å². The lowest BCUT2D eigenvalue weighted by Crippen LogP contribution is -2.28. The van der Waals surface area contributed by atoms with Gasteiger partial charge < -0.3 is 5.32 Å². The van der Waals surface area contributed by atoms with Crippen LogP contribution in [0.2, 0.25) is 0 Å². The minimum Gasteiger partial charge on any atom is -0.321 e. The number of anilines is 1. The average molecular weight is 382 g/mol. The van der Waals surface area contributed by atoms with E-state index >= 15 is 0 Å². The Morgan fingerprint density at radius 1 is 1.07 bits per heavy atom. The highest BCUT2D eigenvalue weighted by Crippen LogP contribution is 2.28. The van der Waals surface area contributed by atoms with Crippen molar-refractivity contribution in [2.75, 3.05) is 5.32 Å². The van der Waals surface area contributed by atoms with Gasteiger partial charge in [0.2, 0.25) is 11.8 Å². The Balaban J connectivity index is 1.46.